The summed E-state index contributed by atoms with van der Waals surface area (Å²) in [6.45, 7) is 7.86. The van der Waals surface area contributed by atoms with E-state index in [1.165, 1.54) is 0 Å². The fraction of sp³-hybridized carbons (Fsp3) is 0.692. The molecule has 19 heavy (non-hydrogen) atoms. The summed E-state index contributed by atoms with van der Waals surface area (Å²) in [5.74, 6) is -0.341. The van der Waals surface area contributed by atoms with Crippen LogP contribution in [0.25, 0.3) is 0 Å². The predicted molar refractivity (Wildman–Crippen MR) is 81.4 cm³/mol. The number of carbonyl (C=O) groups is 1. The third-order valence-electron chi connectivity index (χ3n) is 2.61. The lowest BCUT2D eigenvalue weighted by Gasteiger charge is -2.19. The Kier molecular flexibility index (Phi) is 10.1. The molecule has 6 heteroatoms. The van der Waals surface area contributed by atoms with E-state index in [0.717, 1.165) is 19.3 Å². The normalized spacial score (nSPS) is 13.2. The van der Waals surface area contributed by atoms with Crippen molar-refractivity contribution in [1.82, 2.24) is 16.2 Å². The number of hydrazine groups is 1. The van der Waals surface area contributed by atoms with Gasteiger partial charge in [0.2, 0.25) is 5.91 Å². The van der Waals surface area contributed by atoms with Gasteiger partial charge in [0.15, 0.2) is 5.11 Å². The van der Waals surface area contributed by atoms with E-state index in [-0.39, 0.29) is 11.8 Å². The topological polar surface area (TPSA) is 73.4 Å². The van der Waals surface area contributed by atoms with Crippen molar-refractivity contribution >= 4 is 23.2 Å². The van der Waals surface area contributed by atoms with Crippen LogP contribution >= 0.6 is 12.2 Å². The molecule has 0 radical (unpaired) electrons. The van der Waals surface area contributed by atoms with Gasteiger partial charge in [-0.1, -0.05) is 25.8 Å². The molecule has 0 aliphatic carbocycles. The zero-order valence-electron chi connectivity index (χ0n) is 11.7. The van der Waals surface area contributed by atoms with E-state index in [1.807, 2.05) is 0 Å². The van der Waals surface area contributed by atoms with Gasteiger partial charge in [-0.25, -0.2) is 0 Å². The van der Waals surface area contributed by atoms with Gasteiger partial charge in [0.05, 0.1) is 6.10 Å². The van der Waals surface area contributed by atoms with Crippen LogP contribution in [0.4, 0.5) is 0 Å². The van der Waals surface area contributed by atoms with Crippen LogP contribution in [0.2, 0.25) is 0 Å². The standard InChI is InChI=1S/C13H25N3O2S/c1-4-6-7-11(9-10(3)17)12(18)15-16-13(19)14-8-5-2/h5,10-11,17H,2,4,6-9H2,1,3H3,(H,15,18)(H2,14,16,19)/t10-,11+/m0/s1. The lowest BCUT2D eigenvalue weighted by molar-refractivity contribution is -0.126. The molecular formula is C13H25N3O2S. The second-order valence-corrected chi connectivity index (χ2v) is 4.95. The Morgan fingerprint density at radius 2 is 2.16 bits per heavy atom. The first-order chi connectivity index (χ1) is 9.01. The zero-order chi connectivity index (χ0) is 14.7. The molecule has 4 N–H and O–H groups in total. The van der Waals surface area contributed by atoms with Crippen molar-refractivity contribution in [2.24, 2.45) is 5.92 Å². The smallest absolute Gasteiger partial charge is 0.241 e. The van der Waals surface area contributed by atoms with Crippen LogP contribution in [0.3, 0.4) is 0 Å². The van der Waals surface area contributed by atoms with Crippen molar-refractivity contribution in [3.8, 4) is 0 Å². The van der Waals surface area contributed by atoms with Gasteiger partial charge in [0.25, 0.3) is 0 Å². The summed E-state index contributed by atoms with van der Waals surface area (Å²) in [4.78, 5) is 12.0. The summed E-state index contributed by atoms with van der Waals surface area (Å²) in [5, 5.41) is 12.6. The fourth-order valence-electron chi connectivity index (χ4n) is 1.65. The average molecular weight is 287 g/mol. The molecule has 0 saturated carbocycles. The van der Waals surface area contributed by atoms with E-state index in [1.54, 1.807) is 13.0 Å². The van der Waals surface area contributed by atoms with Gasteiger partial charge in [-0.05, 0) is 32.0 Å². The van der Waals surface area contributed by atoms with E-state index in [4.69, 9.17) is 12.2 Å². The second kappa shape index (κ2) is 10.8. The number of unbranched alkanes of at least 4 members (excludes halogenated alkanes) is 1. The maximum Gasteiger partial charge on any atom is 0.241 e. The number of hydrogen-bond acceptors (Lipinski definition) is 3. The molecule has 5 nitrogen and oxygen atoms in total. The molecule has 2 atom stereocenters. The Morgan fingerprint density at radius 1 is 1.47 bits per heavy atom. The number of nitrogens with one attached hydrogen (secondary N) is 3. The number of thiocarbonyl (C=S) groups is 1. The van der Waals surface area contributed by atoms with Gasteiger partial charge in [-0.15, -0.1) is 6.58 Å². The first-order valence-corrected chi connectivity index (χ1v) is 7.04. The minimum Gasteiger partial charge on any atom is -0.393 e. The summed E-state index contributed by atoms with van der Waals surface area (Å²) < 4.78 is 0. The molecule has 1 amide bonds. The van der Waals surface area contributed by atoms with Crippen molar-refractivity contribution in [3.63, 3.8) is 0 Å². The monoisotopic (exact) mass is 287 g/mol. The van der Waals surface area contributed by atoms with Gasteiger partial charge in [-0.2, -0.15) is 0 Å². The molecule has 0 fully saturated rings. The summed E-state index contributed by atoms with van der Waals surface area (Å²) in [5.41, 5.74) is 5.21. The highest BCUT2D eigenvalue weighted by Gasteiger charge is 2.19. The lowest BCUT2D eigenvalue weighted by Crippen LogP contribution is -2.49. The molecule has 0 aliphatic rings. The van der Waals surface area contributed by atoms with Crippen LogP contribution in [0.1, 0.15) is 39.5 Å². The van der Waals surface area contributed by atoms with Crippen LogP contribution in [0, 0.1) is 5.92 Å². The van der Waals surface area contributed by atoms with Crippen LogP contribution in [0.15, 0.2) is 12.7 Å². The van der Waals surface area contributed by atoms with Gasteiger partial charge in [-0.3, -0.25) is 15.6 Å². The SMILES string of the molecule is C=CCNC(=S)NNC(=O)[C@H](CCCC)C[C@H](C)O. The highest BCUT2D eigenvalue weighted by atomic mass is 32.1. The van der Waals surface area contributed by atoms with Crippen molar-refractivity contribution in [2.45, 2.75) is 45.6 Å². The molecule has 0 bridgehead atoms. The van der Waals surface area contributed by atoms with Crippen LogP contribution < -0.4 is 16.2 Å². The number of hydrogen-bond donors (Lipinski definition) is 4. The molecule has 0 heterocycles. The van der Waals surface area contributed by atoms with E-state index in [2.05, 4.69) is 29.7 Å². The van der Waals surface area contributed by atoms with Gasteiger partial charge in [0.1, 0.15) is 0 Å². The van der Waals surface area contributed by atoms with E-state index >= 15 is 0 Å². The molecule has 0 aliphatic heterocycles. The van der Waals surface area contributed by atoms with Crippen molar-refractivity contribution in [2.75, 3.05) is 6.54 Å². The minimum absolute atomic E-state index is 0.142. The predicted octanol–water partition coefficient (Wildman–Crippen LogP) is 1.24. The molecule has 110 valence electrons. The van der Waals surface area contributed by atoms with Crippen LogP contribution in [-0.2, 0) is 4.79 Å². The fourth-order valence-corrected chi connectivity index (χ4v) is 1.78. The third-order valence-corrected chi connectivity index (χ3v) is 2.86. The molecule has 0 aromatic rings. The molecule has 0 aromatic heterocycles. The summed E-state index contributed by atoms with van der Waals surface area (Å²) >= 11 is 4.97. The quantitative estimate of drug-likeness (QED) is 0.307. The average Bonchev–Trinajstić information content (AvgIpc) is 2.37. The molecule has 0 spiro atoms. The maximum atomic E-state index is 12.0. The molecule has 0 unspecified atom stereocenters. The first-order valence-electron chi connectivity index (χ1n) is 6.63. The maximum absolute atomic E-state index is 12.0. The second-order valence-electron chi connectivity index (χ2n) is 4.54. The van der Waals surface area contributed by atoms with E-state index in [9.17, 15) is 9.90 Å². The third kappa shape index (κ3) is 9.44. The number of aliphatic hydroxyl groups excluding tert-OH is 1. The van der Waals surface area contributed by atoms with Crippen molar-refractivity contribution in [1.29, 1.82) is 0 Å². The number of aliphatic hydroxyl groups is 1. The van der Waals surface area contributed by atoms with E-state index in [0.29, 0.717) is 18.1 Å². The molecule has 0 saturated heterocycles. The van der Waals surface area contributed by atoms with Crippen LogP contribution in [0.5, 0.6) is 0 Å². The van der Waals surface area contributed by atoms with Crippen LogP contribution in [-0.4, -0.2) is 28.8 Å². The summed E-state index contributed by atoms with van der Waals surface area (Å²) in [6.07, 6.45) is 4.40. The first kappa shape index (κ1) is 17.9. The van der Waals surface area contributed by atoms with Crippen molar-refractivity contribution < 1.29 is 9.90 Å². The Labute approximate surface area is 120 Å². The molecule has 0 rings (SSSR count). The number of carbonyl (C=O) groups excluding carboxylic acids is 1. The highest BCUT2D eigenvalue weighted by molar-refractivity contribution is 7.80. The van der Waals surface area contributed by atoms with E-state index < -0.39 is 6.10 Å². The molecular weight excluding hydrogens is 262 g/mol. The number of amides is 1. The highest BCUT2D eigenvalue weighted by Crippen LogP contribution is 2.15. The largest absolute Gasteiger partial charge is 0.393 e. The Morgan fingerprint density at radius 3 is 2.68 bits per heavy atom. The Bertz CT molecular complexity index is 296. The Hall–Kier alpha value is -1.14. The Balaban J connectivity index is 4.15. The minimum atomic E-state index is -0.488. The lowest BCUT2D eigenvalue weighted by atomic mass is 9.95. The van der Waals surface area contributed by atoms with Gasteiger partial charge < -0.3 is 10.4 Å². The number of rotatable bonds is 8. The van der Waals surface area contributed by atoms with Gasteiger partial charge in [0, 0.05) is 12.5 Å². The zero-order valence-corrected chi connectivity index (χ0v) is 12.6. The van der Waals surface area contributed by atoms with Crippen molar-refractivity contribution in [3.05, 3.63) is 12.7 Å². The summed E-state index contributed by atoms with van der Waals surface area (Å²) in [6, 6.07) is 0. The van der Waals surface area contributed by atoms with Gasteiger partial charge >= 0.3 is 0 Å². The molecule has 0 aromatic carbocycles. The summed E-state index contributed by atoms with van der Waals surface area (Å²) in [7, 11) is 0.